The number of nitrogens with one attached hydrogen (secondary N) is 2. The number of benzene rings is 3. The summed E-state index contributed by atoms with van der Waals surface area (Å²) in [4.78, 5) is 28.2. The predicted octanol–water partition coefficient (Wildman–Crippen LogP) is 5.85. The number of carbonyl (C=O) groups excluding carboxylic acids is 1. The average molecular weight is 561 g/mol. The third kappa shape index (κ3) is 5.05. The molecule has 0 saturated carbocycles. The number of halogens is 3. The molecule has 0 unspecified atom stereocenters. The smallest absolute Gasteiger partial charge is 0.253 e. The van der Waals surface area contributed by atoms with E-state index in [1.807, 2.05) is 7.05 Å². The largest absolute Gasteiger partial charge is 0.335 e. The maximum Gasteiger partial charge on any atom is 0.253 e. The summed E-state index contributed by atoms with van der Waals surface area (Å²) in [5.41, 5.74) is 3.66. The maximum absolute atomic E-state index is 14.8. The van der Waals surface area contributed by atoms with Gasteiger partial charge < -0.3 is 15.5 Å². The van der Waals surface area contributed by atoms with Gasteiger partial charge in [-0.1, -0.05) is 31.2 Å². The van der Waals surface area contributed by atoms with Crippen LogP contribution in [0.1, 0.15) is 34.5 Å². The Morgan fingerprint density at radius 2 is 1.75 bits per heavy atom. The van der Waals surface area contributed by atoms with Crippen molar-refractivity contribution in [1.29, 1.82) is 0 Å². The quantitative estimate of drug-likeness (QED) is 0.320. The topological polar surface area (TPSA) is 82.5 Å². The van der Waals surface area contributed by atoms with Crippen molar-refractivity contribution < 1.29 is 13.6 Å². The SMILES string of the molecule is C.CNC1CN(C(=O)c2ccc(Nc3ncc4c(n3)-c3ccc(Cl)cc3C(c3c(F)cccc3F)=NC4)cc2)C1. The van der Waals surface area contributed by atoms with Gasteiger partial charge in [0.2, 0.25) is 5.95 Å². The highest BCUT2D eigenvalue weighted by Gasteiger charge is 2.30. The van der Waals surface area contributed by atoms with Crippen LogP contribution in [0.25, 0.3) is 11.3 Å². The van der Waals surface area contributed by atoms with E-state index in [0.717, 1.165) is 0 Å². The molecule has 204 valence electrons. The number of hydrogen-bond acceptors (Lipinski definition) is 6. The highest BCUT2D eigenvalue weighted by molar-refractivity contribution is 6.31. The molecule has 1 aromatic heterocycles. The van der Waals surface area contributed by atoms with Crippen molar-refractivity contribution in [3.63, 3.8) is 0 Å². The fraction of sp³-hybridized carbons (Fsp3) is 0.200. The number of nitrogens with zero attached hydrogens (tertiary/aromatic N) is 4. The van der Waals surface area contributed by atoms with Gasteiger partial charge in [0, 0.05) is 58.3 Å². The Balaban J connectivity index is 0.00000323. The Hall–Kier alpha value is -4.21. The molecule has 6 rings (SSSR count). The fourth-order valence-corrected chi connectivity index (χ4v) is 4.93. The highest BCUT2D eigenvalue weighted by atomic mass is 35.5. The standard InChI is InChI=1S/C29H23ClF2N6O.CH4/c1-33-20-14-38(15-20)28(39)16-5-8-19(9-6-16)36-29-35-13-17-12-34-27(25-23(31)3-2-4-24(25)32)22-11-18(30)7-10-21(22)26(17)37-29;/h2-11,13,20,33H,12,14-15H2,1H3,(H,35,36,37);1H4. The molecule has 0 bridgehead atoms. The molecule has 0 aliphatic carbocycles. The molecule has 1 saturated heterocycles. The van der Waals surface area contributed by atoms with Gasteiger partial charge in [0.1, 0.15) is 11.6 Å². The minimum atomic E-state index is -0.711. The van der Waals surface area contributed by atoms with Crippen molar-refractivity contribution in [1.82, 2.24) is 20.2 Å². The number of amides is 1. The Bertz CT molecular complexity index is 1600. The van der Waals surface area contributed by atoms with Crippen LogP contribution in [-0.2, 0) is 6.54 Å². The molecule has 1 amide bonds. The average Bonchev–Trinajstić information content (AvgIpc) is 3.05. The Labute approximate surface area is 236 Å². The van der Waals surface area contributed by atoms with E-state index in [1.165, 1.54) is 18.2 Å². The van der Waals surface area contributed by atoms with Crippen LogP contribution in [0.3, 0.4) is 0 Å². The summed E-state index contributed by atoms with van der Waals surface area (Å²) < 4.78 is 29.5. The van der Waals surface area contributed by atoms with E-state index in [0.29, 0.717) is 63.7 Å². The fourth-order valence-electron chi connectivity index (χ4n) is 4.76. The molecule has 10 heteroatoms. The van der Waals surface area contributed by atoms with Crippen LogP contribution in [0.2, 0.25) is 5.02 Å². The Morgan fingerprint density at radius 3 is 2.45 bits per heavy atom. The molecule has 2 aliphatic rings. The van der Waals surface area contributed by atoms with E-state index in [9.17, 15) is 13.6 Å². The lowest BCUT2D eigenvalue weighted by Gasteiger charge is -2.39. The number of fused-ring (bicyclic) bond motifs is 3. The molecular weight excluding hydrogens is 534 g/mol. The molecule has 3 aromatic carbocycles. The van der Waals surface area contributed by atoms with Gasteiger partial charge in [-0.3, -0.25) is 9.79 Å². The van der Waals surface area contributed by atoms with E-state index in [1.54, 1.807) is 53.6 Å². The molecule has 2 aliphatic heterocycles. The van der Waals surface area contributed by atoms with Crippen LogP contribution < -0.4 is 10.6 Å². The Kier molecular flexibility index (Phi) is 7.60. The van der Waals surface area contributed by atoms with E-state index in [2.05, 4.69) is 20.6 Å². The number of rotatable bonds is 5. The molecule has 0 atom stereocenters. The highest BCUT2D eigenvalue weighted by Crippen LogP contribution is 2.34. The summed E-state index contributed by atoms with van der Waals surface area (Å²) in [6.45, 7) is 1.52. The van der Waals surface area contributed by atoms with Crippen LogP contribution in [-0.4, -0.2) is 52.7 Å². The first-order valence-corrected chi connectivity index (χ1v) is 12.8. The normalized spacial score (nSPS) is 14.2. The van der Waals surface area contributed by atoms with Crippen LogP contribution in [0.5, 0.6) is 0 Å². The number of likely N-dealkylation sites (N-methyl/N-ethyl adjacent to an activating group) is 1. The monoisotopic (exact) mass is 560 g/mol. The molecule has 40 heavy (non-hydrogen) atoms. The summed E-state index contributed by atoms with van der Waals surface area (Å²) in [6.07, 6.45) is 1.65. The van der Waals surface area contributed by atoms with Gasteiger partial charge in [0.25, 0.3) is 5.91 Å². The number of likely N-dealkylation sites (tertiary alicyclic amines) is 1. The molecule has 0 spiro atoms. The van der Waals surface area contributed by atoms with Crippen molar-refractivity contribution in [2.75, 3.05) is 25.5 Å². The van der Waals surface area contributed by atoms with Gasteiger partial charge in [0.05, 0.1) is 23.5 Å². The summed E-state index contributed by atoms with van der Waals surface area (Å²) in [5.74, 6) is -1.10. The molecule has 3 heterocycles. The minimum Gasteiger partial charge on any atom is -0.335 e. The van der Waals surface area contributed by atoms with E-state index < -0.39 is 11.6 Å². The first kappa shape index (κ1) is 27.4. The van der Waals surface area contributed by atoms with E-state index in [4.69, 9.17) is 16.6 Å². The zero-order valence-corrected chi connectivity index (χ0v) is 21.6. The van der Waals surface area contributed by atoms with Crippen LogP contribution in [0.15, 0.2) is 71.9 Å². The van der Waals surface area contributed by atoms with Gasteiger partial charge in [-0.15, -0.1) is 0 Å². The van der Waals surface area contributed by atoms with Gasteiger partial charge in [-0.25, -0.2) is 18.7 Å². The molecule has 7 nitrogen and oxygen atoms in total. The van der Waals surface area contributed by atoms with Crippen molar-refractivity contribution >= 4 is 34.9 Å². The van der Waals surface area contributed by atoms with Gasteiger partial charge >= 0.3 is 0 Å². The van der Waals surface area contributed by atoms with Gasteiger partial charge in [0.15, 0.2) is 0 Å². The van der Waals surface area contributed by atoms with Crippen molar-refractivity contribution in [3.05, 3.63) is 106 Å². The van der Waals surface area contributed by atoms with Crippen molar-refractivity contribution in [3.8, 4) is 11.3 Å². The molecule has 1 fully saturated rings. The lowest BCUT2D eigenvalue weighted by atomic mass is 9.95. The number of aromatic nitrogens is 2. The number of aliphatic imine (C=N–C) groups is 1. The second-order valence-corrected chi connectivity index (χ2v) is 9.85. The Morgan fingerprint density at radius 1 is 1.02 bits per heavy atom. The summed E-state index contributed by atoms with van der Waals surface area (Å²) in [6, 6.07) is 16.3. The third-order valence-corrected chi connectivity index (χ3v) is 7.16. The minimum absolute atomic E-state index is 0. The lowest BCUT2D eigenvalue weighted by molar-refractivity contribution is 0.0577. The summed E-state index contributed by atoms with van der Waals surface area (Å²) in [7, 11) is 1.89. The molecule has 4 aromatic rings. The first-order valence-electron chi connectivity index (χ1n) is 12.4. The third-order valence-electron chi connectivity index (χ3n) is 6.93. The predicted molar refractivity (Wildman–Crippen MR) is 153 cm³/mol. The number of hydrogen-bond donors (Lipinski definition) is 2. The zero-order valence-electron chi connectivity index (χ0n) is 20.9. The summed E-state index contributed by atoms with van der Waals surface area (Å²) >= 11 is 6.29. The zero-order chi connectivity index (χ0) is 27.1. The lowest BCUT2D eigenvalue weighted by Crippen LogP contribution is -2.58. The van der Waals surface area contributed by atoms with Gasteiger partial charge in [-0.05, 0) is 55.6 Å². The maximum atomic E-state index is 14.8. The van der Waals surface area contributed by atoms with Crippen LogP contribution in [0.4, 0.5) is 20.4 Å². The van der Waals surface area contributed by atoms with Crippen molar-refractivity contribution in [2.45, 2.75) is 20.0 Å². The molecule has 0 radical (unpaired) electrons. The molecule has 2 N–H and O–H groups in total. The second kappa shape index (κ2) is 11.1. The second-order valence-electron chi connectivity index (χ2n) is 9.42. The number of carbonyl (C=O) groups is 1. The van der Waals surface area contributed by atoms with Gasteiger partial charge in [-0.2, -0.15) is 0 Å². The van der Waals surface area contributed by atoms with Crippen LogP contribution in [0, 0.1) is 11.6 Å². The van der Waals surface area contributed by atoms with E-state index in [-0.39, 0.29) is 31.2 Å². The summed E-state index contributed by atoms with van der Waals surface area (Å²) in [5, 5.41) is 6.74. The van der Waals surface area contributed by atoms with Crippen LogP contribution >= 0.6 is 11.6 Å². The number of anilines is 2. The van der Waals surface area contributed by atoms with E-state index >= 15 is 0 Å². The van der Waals surface area contributed by atoms with Crippen molar-refractivity contribution in [2.24, 2.45) is 4.99 Å². The molecular formula is C30H27ClF2N6O. The first-order chi connectivity index (χ1) is 18.9.